The molecule has 3 unspecified atom stereocenters. The van der Waals surface area contributed by atoms with Gasteiger partial charge in [-0.3, -0.25) is 4.90 Å². The van der Waals surface area contributed by atoms with Gasteiger partial charge in [0.1, 0.15) is 0 Å². The summed E-state index contributed by atoms with van der Waals surface area (Å²) in [7, 11) is 0. The fourth-order valence-corrected chi connectivity index (χ4v) is 4.91. The van der Waals surface area contributed by atoms with E-state index in [-0.39, 0.29) is 0 Å². The lowest BCUT2D eigenvalue weighted by Gasteiger charge is -2.45. The van der Waals surface area contributed by atoms with E-state index in [9.17, 15) is 0 Å². The van der Waals surface area contributed by atoms with Gasteiger partial charge in [0.25, 0.3) is 0 Å². The number of hydrogen-bond donors (Lipinski definition) is 1. The normalized spacial score (nSPS) is 39.9. The second kappa shape index (κ2) is 5.94. The zero-order valence-electron chi connectivity index (χ0n) is 10.9. The van der Waals surface area contributed by atoms with Gasteiger partial charge in [-0.15, -0.1) is 0 Å². The van der Waals surface area contributed by atoms with Crippen LogP contribution in [0.25, 0.3) is 0 Å². The van der Waals surface area contributed by atoms with Crippen molar-refractivity contribution in [3.05, 3.63) is 0 Å². The first-order chi connectivity index (χ1) is 8.43. The minimum atomic E-state index is 0.759. The molecule has 2 aliphatic heterocycles. The summed E-state index contributed by atoms with van der Waals surface area (Å²) in [6.07, 6.45) is 8.91. The molecule has 1 saturated carbocycles. The monoisotopic (exact) mass is 254 g/mol. The zero-order valence-corrected chi connectivity index (χ0v) is 11.7. The van der Waals surface area contributed by atoms with Crippen molar-refractivity contribution in [2.24, 2.45) is 5.92 Å². The Morgan fingerprint density at radius 3 is 2.88 bits per heavy atom. The Morgan fingerprint density at radius 2 is 2.00 bits per heavy atom. The Hall–Kier alpha value is 0.270. The Morgan fingerprint density at radius 1 is 1.12 bits per heavy atom. The highest BCUT2D eigenvalue weighted by atomic mass is 32.2. The van der Waals surface area contributed by atoms with Gasteiger partial charge in [-0.1, -0.05) is 12.8 Å². The quantitative estimate of drug-likeness (QED) is 0.814. The number of piperidine rings is 1. The molecule has 0 spiro atoms. The molecule has 3 aliphatic rings. The molecule has 0 bridgehead atoms. The summed E-state index contributed by atoms with van der Waals surface area (Å²) in [5, 5.41) is 3.70. The van der Waals surface area contributed by atoms with Crippen LogP contribution < -0.4 is 5.32 Å². The smallest absolute Gasteiger partial charge is 0.0286 e. The summed E-state index contributed by atoms with van der Waals surface area (Å²) in [6, 6.07) is 1.70. The number of likely N-dealkylation sites (tertiary alicyclic amines) is 1. The fraction of sp³-hybridized carbons (Fsp3) is 1.00. The van der Waals surface area contributed by atoms with Gasteiger partial charge in [0.2, 0.25) is 0 Å². The average molecular weight is 254 g/mol. The van der Waals surface area contributed by atoms with Crippen molar-refractivity contribution >= 4 is 11.8 Å². The third kappa shape index (κ3) is 2.99. The topological polar surface area (TPSA) is 15.3 Å². The Balaban J connectivity index is 1.56. The molecule has 0 aromatic rings. The van der Waals surface area contributed by atoms with Crippen LogP contribution in [-0.2, 0) is 0 Å². The summed E-state index contributed by atoms with van der Waals surface area (Å²) in [5.41, 5.74) is 0. The van der Waals surface area contributed by atoms with Gasteiger partial charge in [-0.25, -0.2) is 0 Å². The van der Waals surface area contributed by atoms with Crippen molar-refractivity contribution in [3.8, 4) is 0 Å². The molecule has 98 valence electrons. The van der Waals surface area contributed by atoms with Crippen LogP contribution in [0, 0.1) is 5.92 Å². The van der Waals surface area contributed by atoms with Gasteiger partial charge in [-0.2, -0.15) is 11.8 Å². The first-order valence-electron chi connectivity index (χ1n) is 7.48. The van der Waals surface area contributed by atoms with Crippen LogP contribution in [0.1, 0.15) is 38.5 Å². The van der Waals surface area contributed by atoms with Crippen molar-refractivity contribution in [1.82, 2.24) is 10.2 Å². The van der Waals surface area contributed by atoms with Crippen molar-refractivity contribution in [2.75, 3.05) is 31.1 Å². The third-order valence-electron chi connectivity index (χ3n) is 4.81. The molecule has 0 aromatic heterocycles. The third-order valence-corrected chi connectivity index (χ3v) is 5.94. The summed E-state index contributed by atoms with van der Waals surface area (Å²) < 4.78 is 0. The predicted molar refractivity (Wildman–Crippen MR) is 75.7 cm³/mol. The second-order valence-corrected chi connectivity index (χ2v) is 7.12. The maximum atomic E-state index is 3.70. The van der Waals surface area contributed by atoms with Crippen LogP contribution in [0.3, 0.4) is 0 Å². The molecule has 1 N–H and O–H groups in total. The van der Waals surface area contributed by atoms with Crippen LogP contribution in [0.15, 0.2) is 0 Å². The molecular formula is C14H26N2S. The van der Waals surface area contributed by atoms with E-state index in [1.54, 1.807) is 0 Å². The van der Waals surface area contributed by atoms with E-state index in [4.69, 9.17) is 0 Å². The molecule has 2 heterocycles. The Kier molecular flexibility index (Phi) is 4.30. The summed E-state index contributed by atoms with van der Waals surface area (Å²) in [5.74, 6) is 3.67. The molecule has 3 rings (SSSR count). The van der Waals surface area contributed by atoms with E-state index in [0.29, 0.717) is 0 Å². The lowest BCUT2D eigenvalue weighted by Crippen LogP contribution is -2.53. The molecule has 2 saturated heterocycles. The van der Waals surface area contributed by atoms with E-state index in [0.717, 1.165) is 18.0 Å². The van der Waals surface area contributed by atoms with Crippen LogP contribution in [-0.4, -0.2) is 48.1 Å². The van der Waals surface area contributed by atoms with E-state index in [1.807, 2.05) is 0 Å². The van der Waals surface area contributed by atoms with E-state index >= 15 is 0 Å². The SMILES string of the molecule is C1CCC2C(C1)CCCN2CC1CSCCN1. The van der Waals surface area contributed by atoms with Crippen LogP contribution in [0.5, 0.6) is 0 Å². The van der Waals surface area contributed by atoms with Gasteiger partial charge in [0.15, 0.2) is 0 Å². The van der Waals surface area contributed by atoms with Crippen molar-refractivity contribution in [1.29, 1.82) is 0 Å². The molecular weight excluding hydrogens is 228 g/mol. The number of fused-ring (bicyclic) bond motifs is 1. The maximum absolute atomic E-state index is 3.70. The minimum absolute atomic E-state index is 0.759. The minimum Gasteiger partial charge on any atom is -0.311 e. The highest BCUT2D eigenvalue weighted by Crippen LogP contribution is 2.35. The van der Waals surface area contributed by atoms with Crippen LogP contribution in [0.2, 0.25) is 0 Å². The lowest BCUT2D eigenvalue weighted by molar-refractivity contribution is 0.0548. The Labute approximate surface area is 110 Å². The lowest BCUT2D eigenvalue weighted by atomic mass is 9.78. The number of nitrogens with zero attached hydrogens (tertiary/aromatic N) is 1. The molecule has 0 aromatic carbocycles. The maximum Gasteiger partial charge on any atom is 0.0286 e. The highest BCUT2D eigenvalue weighted by molar-refractivity contribution is 7.99. The summed E-state index contributed by atoms with van der Waals surface area (Å²) >= 11 is 2.13. The average Bonchev–Trinajstić information content (AvgIpc) is 2.40. The van der Waals surface area contributed by atoms with Crippen molar-refractivity contribution in [3.63, 3.8) is 0 Å². The van der Waals surface area contributed by atoms with Gasteiger partial charge in [0.05, 0.1) is 0 Å². The number of thioether (sulfide) groups is 1. The molecule has 0 amide bonds. The zero-order chi connectivity index (χ0) is 11.5. The molecule has 3 heteroatoms. The molecule has 2 nitrogen and oxygen atoms in total. The van der Waals surface area contributed by atoms with Crippen molar-refractivity contribution in [2.45, 2.75) is 50.6 Å². The number of hydrogen-bond acceptors (Lipinski definition) is 3. The predicted octanol–water partition coefficient (Wildman–Crippen LogP) is 2.35. The van der Waals surface area contributed by atoms with Crippen LogP contribution in [0.4, 0.5) is 0 Å². The molecule has 3 atom stereocenters. The highest BCUT2D eigenvalue weighted by Gasteiger charge is 2.34. The summed E-state index contributed by atoms with van der Waals surface area (Å²) in [4.78, 5) is 2.83. The van der Waals surface area contributed by atoms with Gasteiger partial charge in [-0.05, 0) is 38.1 Å². The Bertz CT molecular complexity index is 238. The number of rotatable bonds is 2. The van der Waals surface area contributed by atoms with Gasteiger partial charge >= 0.3 is 0 Å². The summed E-state index contributed by atoms with van der Waals surface area (Å²) in [6.45, 7) is 3.90. The fourth-order valence-electron chi connectivity index (χ4n) is 3.97. The van der Waals surface area contributed by atoms with Gasteiger partial charge < -0.3 is 5.32 Å². The molecule has 17 heavy (non-hydrogen) atoms. The second-order valence-electron chi connectivity index (χ2n) is 5.98. The van der Waals surface area contributed by atoms with Crippen molar-refractivity contribution < 1.29 is 0 Å². The molecule has 1 aliphatic carbocycles. The standard InChI is InChI=1S/C14H26N2S/c1-2-6-14-12(4-1)5-3-8-16(14)10-13-11-17-9-7-15-13/h12-15H,1-11H2. The first-order valence-corrected chi connectivity index (χ1v) is 8.64. The van der Waals surface area contributed by atoms with Crippen LogP contribution >= 0.6 is 11.8 Å². The molecule has 0 radical (unpaired) electrons. The van der Waals surface area contributed by atoms with Gasteiger partial charge in [0, 0.05) is 36.7 Å². The van der Waals surface area contributed by atoms with E-state index in [1.165, 1.54) is 69.7 Å². The number of nitrogens with one attached hydrogen (secondary N) is 1. The van der Waals surface area contributed by atoms with E-state index in [2.05, 4.69) is 22.0 Å². The largest absolute Gasteiger partial charge is 0.311 e. The molecule has 3 fully saturated rings. The van der Waals surface area contributed by atoms with E-state index < -0.39 is 0 Å². The first kappa shape index (κ1) is 12.3.